The van der Waals surface area contributed by atoms with Gasteiger partial charge >= 0.3 is 0 Å². The molecule has 0 aromatic carbocycles. The first kappa shape index (κ1) is 22.4. The molecule has 0 aliphatic heterocycles. The third kappa shape index (κ3) is 3.58. The molecule has 0 amide bonds. The van der Waals surface area contributed by atoms with Gasteiger partial charge in [0.2, 0.25) is 0 Å². The maximum Gasteiger partial charge on any atom is 0.0641 e. The molecule has 1 heteroatoms. The van der Waals surface area contributed by atoms with Crippen molar-refractivity contribution in [3.63, 3.8) is 0 Å². The van der Waals surface area contributed by atoms with Gasteiger partial charge < -0.3 is 5.11 Å². The molecule has 0 heterocycles. The molecule has 3 fully saturated rings. The van der Waals surface area contributed by atoms with Gasteiger partial charge in [0, 0.05) is 0 Å². The van der Waals surface area contributed by atoms with E-state index >= 15 is 0 Å². The van der Waals surface area contributed by atoms with Gasteiger partial charge in [0.25, 0.3) is 0 Å². The van der Waals surface area contributed by atoms with Crippen molar-refractivity contribution in [2.45, 2.75) is 98.3 Å². The molecule has 4 rings (SSSR count). The van der Waals surface area contributed by atoms with Gasteiger partial charge in [-0.15, -0.1) is 0 Å². The Bertz CT molecular complexity index is 714. The Morgan fingerprint density at radius 1 is 1.10 bits per heavy atom. The van der Waals surface area contributed by atoms with Crippen molar-refractivity contribution in [1.29, 1.82) is 0 Å². The van der Waals surface area contributed by atoms with Crippen LogP contribution < -0.4 is 0 Å². The first-order chi connectivity index (χ1) is 14.3. The van der Waals surface area contributed by atoms with Crippen LogP contribution in [0.25, 0.3) is 0 Å². The van der Waals surface area contributed by atoms with Gasteiger partial charge in [-0.25, -0.2) is 0 Å². The van der Waals surface area contributed by atoms with Crippen LogP contribution in [0.4, 0.5) is 0 Å². The van der Waals surface area contributed by atoms with Crippen molar-refractivity contribution in [2.24, 2.45) is 40.4 Å². The Balaban J connectivity index is 1.49. The molecule has 1 N–H and O–H groups in total. The van der Waals surface area contributed by atoms with E-state index in [1.54, 1.807) is 5.57 Å². The normalized spacial score (nSPS) is 39.8. The summed E-state index contributed by atoms with van der Waals surface area (Å²) in [6, 6.07) is 0. The zero-order valence-electron chi connectivity index (χ0n) is 20.2. The average molecular weight is 411 g/mol. The fourth-order valence-electron chi connectivity index (χ4n) is 8.50. The number of allylic oxidation sites excluding steroid dienone is 4. The lowest BCUT2D eigenvalue weighted by atomic mass is 9.50. The number of rotatable bonds is 7. The minimum Gasteiger partial charge on any atom is -0.392 e. The molecule has 0 radical (unpaired) electrons. The standard InChI is InChI=1S/C29H46O/c1-6-22(21(3)19-30)11-10-20(2)25-14-15-26-24-13-12-23-9-7-8-17-28(23,4)27(24)16-18-29(25,26)5/h12-13,20,22,25-27,30H,3,6-11,14-19H2,1-2,4-5H3/t20?,22?,25-,26+,27+,28+,29-/m1/s1. The molecule has 0 saturated heterocycles. The molecule has 3 saturated carbocycles. The summed E-state index contributed by atoms with van der Waals surface area (Å²) in [6.45, 7) is 14.3. The van der Waals surface area contributed by atoms with Crippen LogP contribution in [0.2, 0.25) is 0 Å². The Hall–Kier alpha value is -0.820. The smallest absolute Gasteiger partial charge is 0.0641 e. The van der Waals surface area contributed by atoms with Gasteiger partial charge in [0.1, 0.15) is 0 Å². The van der Waals surface area contributed by atoms with Crippen molar-refractivity contribution in [3.8, 4) is 0 Å². The predicted molar refractivity (Wildman–Crippen MR) is 128 cm³/mol. The molecule has 4 aliphatic carbocycles. The summed E-state index contributed by atoms with van der Waals surface area (Å²) in [7, 11) is 0. The summed E-state index contributed by atoms with van der Waals surface area (Å²) in [5, 5.41) is 9.51. The molecular formula is C29H46O. The van der Waals surface area contributed by atoms with Crippen LogP contribution in [0.15, 0.2) is 35.5 Å². The molecule has 0 aromatic rings. The topological polar surface area (TPSA) is 20.2 Å². The van der Waals surface area contributed by atoms with E-state index < -0.39 is 0 Å². The second-order valence-corrected chi connectivity index (χ2v) is 11.8. The Morgan fingerprint density at radius 2 is 1.90 bits per heavy atom. The molecular weight excluding hydrogens is 364 g/mol. The van der Waals surface area contributed by atoms with Crippen molar-refractivity contribution in [1.82, 2.24) is 0 Å². The highest BCUT2D eigenvalue weighted by molar-refractivity contribution is 5.38. The van der Waals surface area contributed by atoms with Crippen molar-refractivity contribution >= 4 is 0 Å². The highest BCUT2D eigenvalue weighted by atomic mass is 16.3. The van der Waals surface area contributed by atoms with Gasteiger partial charge in [0.15, 0.2) is 0 Å². The Morgan fingerprint density at radius 3 is 2.63 bits per heavy atom. The third-order valence-electron chi connectivity index (χ3n) is 10.5. The van der Waals surface area contributed by atoms with E-state index in [4.69, 9.17) is 0 Å². The van der Waals surface area contributed by atoms with E-state index in [9.17, 15) is 5.11 Å². The largest absolute Gasteiger partial charge is 0.392 e. The number of hydrogen-bond acceptors (Lipinski definition) is 1. The second-order valence-electron chi connectivity index (χ2n) is 11.8. The maximum atomic E-state index is 9.51. The van der Waals surface area contributed by atoms with Gasteiger partial charge in [-0.1, -0.05) is 64.0 Å². The Labute approximate surface area is 186 Å². The maximum absolute atomic E-state index is 9.51. The average Bonchev–Trinajstić information content (AvgIpc) is 3.10. The van der Waals surface area contributed by atoms with Crippen molar-refractivity contribution in [2.75, 3.05) is 6.61 Å². The number of aliphatic hydroxyl groups excluding tert-OH is 1. The van der Waals surface area contributed by atoms with Crippen LogP contribution in [-0.2, 0) is 0 Å². The molecule has 30 heavy (non-hydrogen) atoms. The van der Waals surface area contributed by atoms with Gasteiger partial charge in [-0.3, -0.25) is 0 Å². The summed E-state index contributed by atoms with van der Waals surface area (Å²) in [5.41, 5.74) is 5.60. The van der Waals surface area contributed by atoms with Crippen LogP contribution in [0.5, 0.6) is 0 Å². The molecule has 4 aliphatic rings. The SMILES string of the molecule is C=C(CO)C(CC)CCC(C)[C@H]1CC[C@H]2C3=CC=C4CCCC[C@]4(C)[C@H]3CC[C@]12C. The molecule has 0 bridgehead atoms. The lowest BCUT2D eigenvalue weighted by Gasteiger charge is -2.54. The minimum absolute atomic E-state index is 0.153. The monoisotopic (exact) mass is 410 g/mol. The molecule has 0 aromatic heterocycles. The van der Waals surface area contributed by atoms with Crippen LogP contribution >= 0.6 is 0 Å². The fourth-order valence-corrected chi connectivity index (χ4v) is 8.50. The second kappa shape index (κ2) is 8.61. The van der Waals surface area contributed by atoms with Crippen LogP contribution in [0.1, 0.15) is 98.3 Å². The molecule has 1 nitrogen and oxygen atoms in total. The van der Waals surface area contributed by atoms with Crippen LogP contribution in [-0.4, -0.2) is 11.7 Å². The van der Waals surface area contributed by atoms with Crippen LogP contribution in [0.3, 0.4) is 0 Å². The predicted octanol–water partition coefficient (Wildman–Crippen LogP) is 7.87. The van der Waals surface area contributed by atoms with E-state index in [2.05, 4.69) is 46.4 Å². The number of aliphatic hydroxyl groups is 1. The zero-order valence-corrected chi connectivity index (χ0v) is 20.2. The number of hydrogen-bond donors (Lipinski definition) is 1. The summed E-state index contributed by atoms with van der Waals surface area (Å²) < 4.78 is 0. The van der Waals surface area contributed by atoms with Gasteiger partial charge in [-0.05, 0) is 110 Å². The van der Waals surface area contributed by atoms with E-state index in [1.165, 1.54) is 64.2 Å². The number of fused-ring (bicyclic) bond motifs is 5. The van der Waals surface area contributed by atoms with E-state index in [0.717, 1.165) is 35.7 Å². The van der Waals surface area contributed by atoms with Crippen LogP contribution in [0, 0.1) is 40.4 Å². The van der Waals surface area contributed by atoms with Gasteiger partial charge in [0.05, 0.1) is 6.61 Å². The summed E-state index contributed by atoms with van der Waals surface area (Å²) in [4.78, 5) is 0. The quantitative estimate of drug-likeness (QED) is 0.423. The Kier molecular flexibility index (Phi) is 6.42. The summed E-state index contributed by atoms with van der Waals surface area (Å²) in [5.74, 6) is 3.76. The lowest BCUT2D eigenvalue weighted by Crippen LogP contribution is -2.45. The van der Waals surface area contributed by atoms with Crippen molar-refractivity contribution < 1.29 is 5.11 Å². The van der Waals surface area contributed by atoms with E-state index in [0.29, 0.717) is 16.7 Å². The summed E-state index contributed by atoms with van der Waals surface area (Å²) >= 11 is 0. The van der Waals surface area contributed by atoms with Crippen molar-refractivity contribution in [3.05, 3.63) is 35.5 Å². The highest BCUT2D eigenvalue weighted by Crippen LogP contribution is 2.66. The molecule has 0 spiro atoms. The molecule has 2 unspecified atom stereocenters. The fraction of sp³-hybridized carbons (Fsp3) is 0.793. The lowest BCUT2D eigenvalue weighted by molar-refractivity contribution is 0.0472. The first-order valence-corrected chi connectivity index (χ1v) is 13.0. The highest BCUT2D eigenvalue weighted by Gasteiger charge is 2.56. The molecule has 7 atom stereocenters. The van der Waals surface area contributed by atoms with Gasteiger partial charge in [-0.2, -0.15) is 0 Å². The third-order valence-corrected chi connectivity index (χ3v) is 10.5. The molecule has 168 valence electrons. The van der Waals surface area contributed by atoms with E-state index in [-0.39, 0.29) is 6.61 Å². The summed E-state index contributed by atoms with van der Waals surface area (Å²) in [6.07, 6.45) is 20.0. The first-order valence-electron chi connectivity index (χ1n) is 13.0. The minimum atomic E-state index is 0.153. The zero-order chi connectivity index (χ0) is 21.5. The van der Waals surface area contributed by atoms with E-state index in [1.807, 2.05) is 5.57 Å².